The first kappa shape index (κ1) is 12.7. The van der Waals surface area contributed by atoms with Crippen molar-refractivity contribution in [2.24, 2.45) is 0 Å². The normalized spacial score (nSPS) is 15.1. The molecule has 1 aliphatic heterocycles. The molecule has 5 nitrogen and oxygen atoms in total. The van der Waals surface area contributed by atoms with Gasteiger partial charge in [0.2, 0.25) is 0 Å². The molecule has 0 saturated heterocycles. The molecule has 2 amide bonds. The quantitative estimate of drug-likeness (QED) is 0.604. The summed E-state index contributed by atoms with van der Waals surface area (Å²) in [5, 5.41) is 0. The second-order valence-electron chi connectivity index (χ2n) is 3.90. The Morgan fingerprint density at radius 3 is 2.00 bits per heavy atom. The van der Waals surface area contributed by atoms with Gasteiger partial charge in [-0.25, -0.2) is 0 Å². The maximum Gasteiger partial charge on any atom is 0.302 e. The van der Waals surface area contributed by atoms with Crippen molar-refractivity contribution in [2.75, 3.05) is 12.3 Å². The summed E-state index contributed by atoms with van der Waals surface area (Å²) in [6.07, 6.45) is -0.107. The number of rotatable bonds is 4. The molecule has 0 bridgehead atoms. The van der Waals surface area contributed by atoms with Gasteiger partial charge in [0.05, 0.1) is 16.9 Å². The molecular weight excluding hydrogens is 261 g/mol. The van der Waals surface area contributed by atoms with Crippen molar-refractivity contribution in [2.45, 2.75) is 6.42 Å². The summed E-state index contributed by atoms with van der Waals surface area (Å²) in [6, 6.07) is 6.34. The molecule has 0 aromatic heterocycles. The Labute approximate surface area is 103 Å². The van der Waals surface area contributed by atoms with E-state index in [-0.39, 0.29) is 13.0 Å². The summed E-state index contributed by atoms with van der Waals surface area (Å²) in [7, 11) is -4.57. The monoisotopic (exact) mass is 271 g/mol. The van der Waals surface area contributed by atoms with Crippen LogP contribution in [-0.4, -0.2) is 37.4 Å². The number of halogens is 1. The largest absolute Gasteiger partial charge is 0.302 e. The van der Waals surface area contributed by atoms with Gasteiger partial charge in [0.25, 0.3) is 11.8 Å². The van der Waals surface area contributed by atoms with Crippen LogP contribution in [0, 0.1) is 0 Å². The van der Waals surface area contributed by atoms with E-state index in [1.807, 2.05) is 0 Å². The Kier molecular flexibility index (Phi) is 3.16. The summed E-state index contributed by atoms with van der Waals surface area (Å²) >= 11 is 0. The van der Waals surface area contributed by atoms with Crippen LogP contribution in [-0.2, 0) is 10.2 Å². The number of carbonyl (C=O) groups excluding carboxylic acids is 2. The van der Waals surface area contributed by atoms with Crippen LogP contribution in [0.3, 0.4) is 0 Å². The maximum absolute atomic E-state index is 12.3. The highest BCUT2D eigenvalue weighted by atomic mass is 32.3. The summed E-state index contributed by atoms with van der Waals surface area (Å²) in [5.74, 6) is -1.63. The molecule has 7 heteroatoms. The van der Waals surface area contributed by atoms with Crippen molar-refractivity contribution in [1.29, 1.82) is 0 Å². The van der Waals surface area contributed by atoms with Gasteiger partial charge in [-0.1, -0.05) is 12.1 Å². The fourth-order valence-corrected chi connectivity index (χ4v) is 2.31. The molecule has 0 saturated carbocycles. The highest BCUT2D eigenvalue weighted by Gasteiger charge is 2.34. The van der Waals surface area contributed by atoms with Crippen LogP contribution in [0.15, 0.2) is 24.3 Å². The minimum atomic E-state index is -4.57. The van der Waals surface area contributed by atoms with Gasteiger partial charge in [-0.15, -0.1) is 3.89 Å². The number of hydrogen-bond donors (Lipinski definition) is 0. The van der Waals surface area contributed by atoms with Crippen LogP contribution >= 0.6 is 0 Å². The summed E-state index contributed by atoms with van der Waals surface area (Å²) in [5.41, 5.74) is 0.594. The number of fused-ring (bicyclic) bond motifs is 1. The zero-order chi connectivity index (χ0) is 13.3. The Bertz CT molecular complexity index is 576. The predicted octanol–water partition coefficient (Wildman–Crippen LogP) is 0.972. The second-order valence-corrected chi connectivity index (χ2v) is 5.39. The summed E-state index contributed by atoms with van der Waals surface area (Å²) in [6.45, 7) is -0.102. The Morgan fingerprint density at radius 2 is 1.56 bits per heavy atom. The van der Waals surface area contributed by atoms with Gasteiger partial charge in [-0.05, 0) is 18.6 Å². The SMILES string of the molecule is O=C1c2ccccc2C(=O)N1CCCS(=O)(=O)F. The third-order valence-corrected chi connectivity index (χ3v) is 3.42. The Hall–Kier alpha value is -1.76. The average molecular weight is 271 g/mol. The van der Waals surface area contributed by atoms with Crippen LogP contribution in [0.5, 0.6) is 0 Å². The lowest BCUT2D eigenvalue weighted by Crippen LogP contribution is -2.31. The molecule has 1 aromatic carbocycles. The fourth-order valence-electron chi connectivity index (χ4n) is 1.84. The number of carbonyl (C=O) groups is 2. The molecule has 0 atom stereocenters. The molecule has 1 aromatic rings. The van der Waals surface area contributed by atoms with Crippen molar-refractivity contribution in [1.82, 2.24) is 4.90 Å². The second kappa shape index (κ2) is 4.49. The van der Waals surface area contributed by atoms with E-state index < -0.39 is 27.8 Å². The molecule has 0 radical (unpaired) electrons. The highest BCUT2D eigenvalue weighted by Crippen LogP contribution is 2.22. The van der Waals surface area contributed by atoms with Gasteiger partial charge in [0.1, 0.15) is 0 Å². The minimum absolute atomic E-state index is 0.102. The van der Waals surface area contributed by atoms with Crippen LogP contribution in [0.1, 0.15) is 27.1 Å². The van der Waals surface area contributed by atoms with Crippen LogP contribution in [0.25, 0.3) is 0 Å². The van der Waals surface area contributed by atoms with Crippen LogP contribution < -0.4 is 0 Å². The van der Waals surface area contributed by atoms with Crippen molar-refractivity contribution >= 4 is 22.0 Å². The van der Waals surface area contributed by atoms with Crippen molar-refractivity contribution in [3.63, 3.8) is 0 Å². The highest BCUT2D eigenvalue weighted by molar-refractivity contribution is 7.86. The third kappa shape index (κ3) is 2.40. The van der Waals surface area contributed by atoms with Gasteiger partial charge in [-0.3, -0.25) is 14.5 Å². The summed E-state index contributed by atoms with van der Waals surface area (Å²) < 4.78 is 33.0. The van der Waals surface area contributed by atoms with Crippen LogP contribution in [0.4, 0.5) is 3.89 Å². The van der Waals surface area contributed by atoms with Crippen molar-refractivity contribution < 1.29 is 21.9 Å². The van der Waals surface area contributed by atoms with E-state index in [1.54, 1.807) is 12.1 Å². The molecule has 0 fully saturated rings. The van der Waals surface area contributed by atoms with E-state index >= 15 is 0 Å². The lowest BCUT2D eigenvalue weighted by molar-refractivity contribution is 0.0654. The maximum atomic E-state index is 12.3. The van der Waals surface area contributed by atoms with Gasteiger partial charge in [-0.2, -0.15) is 8.42 Å². The van der Waals surface area contributed by atoms with Crippen LogP contribution in [0.2, 0.25) is 0 Å². The zero-order valence-electron chi connectivity index (χ0n) is 9.30. The fraction of sp³-hybridized carbons (Fsp3) is 0.273. The van der Waals surface area contributed by atoms with Crippen molar-refractivity contribution in [3.05, 3.63) is 35.4 Å². The van der Waals surface area contributed by atoms with Gasteiger partial charge >= 0.3 is 10.2 Å². The predicted molar refractivity (Wildman–Crippen MR) is 61.3 cm³/mol. The molecule has 0 aliphatic carbocycles. The molecule has 96 valence electrons. The molecule has 1 aliphatic rings. The zero-order valence-corrected chi connectivity index (χ0v) is 10.1. The molecule has 0 spiro atoms. The van der Waals surface area contributed by atoms with E-state index in [9.17, 15) is 21.9 Å². The molecule has 2 rings (SSSR count). The van der Waals surface area contributed by atoms with E-state index in [0.29, 0.717) is 11.1 Å². The number of hydrogen-bond acceptors (Lipinski definition) is 4. The first-order valence-corrected chi connectivity index (χ1v) is 6.83. The van der Waals surface area contributed by atoms with E-state index in [0.717, 1.165) is 4.90 Å². The summed E-state index contributed by atoms with van der Waals surface area (Å²) in [4.78, 5) is 24.6. The third-order valence-electron chi connectivity index (χ3n) is 2.65. The molecule has 0 N–H and O–H groups in total. The molecule has 18 heavy (non-hydrogen) atoms. The Balaban J connectivity index is 2.10. The van der Waals surface area contributed by atoms with Gasteiger partial charge < -0.3 is 0 Å². The lowest BCUT2D eigenvalue weighted by atomic mass is 10.1. The Morgan fingerprint density at radius 1 is 1.06 bits per heavy atom. The molecule has 0 unspecified atom stereocenters. The minimum Gasteiger partial charge on any atom is -0.274 e. The van der Waals surface area contributed by atoms with E-state index in [1.165, 1.54) is 12.1 Å². The topological polar surface area (TPSA) is 71.5 Å². The molecule has 1 heterocycles. The van der Waals surface area contributed by atoms with E-state index in [4.69, 9.17) is 0 Å². The number of amides is 2. The number of imide groups is 1. The standard InChI is InChI=1S/C11H10FNO4S/c12-18(16,17)7-3-6-13-10(14)8-4-1-2-5-9(8)11(13)15/h1-2,4-5H,3,6-7H2. The first-order chi connectivity index (χ1) is 8.40. The number of nitrogens with zero attached hydrogens (tertiary/aromatic N) is 1. The lowest BCUT2D eigenvalue weighted by Gasteiger charge is -2.12. The number of benzene rings is 1. The smallest absolute Gasteiger partial charge is 0.274 e. The van der Waals surface area contributed by atoms with Gasteiger partial charge in [0.15, 0.2) is 0 Å². The van der Waals surface area contributed by atoms with Crippen molar-refractivity contribution in [3.8, 4) is 0 Å². The molecular formula is C11H10FNO4S. The first-order valence-electron chi connectivity index (χ1n) is 5.28. The average Bonchev–Trinajstić information content (AvgIpc) is 2.53. The van der Waals surface area contributed by atoms with E-state index in [2.05, 4.69) is 0 Å². The van der Waals surface area contributed by atoms with Gasteiger partial charge in [0, 0.05) is 6.54 Å².